The number of hydrogen-bond acceptors (Lipinski definition) is 2. The summed E-state index contributed by atoms with van der Waals surface area (Å²) in [6.45, 7) is 0. The monoisotopic (exact) mass is 181 g/mol. The van der Waals surface area contributed by atoms with Crippen LogP contribution in [0.5, 0.6) is 0 Å². The minimum absolute atomic E-state index is 0.0769. The van der Waals surface area contributed by atoms with Crippen LogP contribution in [0, 0.1) is 22.0 Å². The van der Waals surface area contributed by atoms with Crippen molar-refractivity contribution >= 4 is 0 Å². The lowest BCUT2D eigenvalue weighted by Gasteiger charge is -2.33. The van der Waals surface area contributed by atoms with Crippen molar-refractivity contribution in [3.05, 3.63) is 22.3 Å². The van der Waals surface area contributed by atoms with Crippen molar-refractivity contribution in [2.45, 2.75) is 38.1 Å². The first-order chi connectivity index (χ1) is 6.29. The molecule has 0 N–H and O–H groups in total. The summed E-state index contributed by atoms with van der Waals surface area (Å²) in [6, 6.07) is -0.296. The Morgan fingerprint density at radius 2 is 2.08 bits per heavy atom. The normalized spacial score (nSPS) is 38.3. The van der Waals surface area contributed by atoms with Crippen molar-refractivity contribution in [1.29, 1.82) is 0 Å². The lowest BCUT2D eigenvalue weighted by atomic mass is 9.72. The lowest BCUT2D eigenvalue weighted by molar-refractivity contribution is -0.534. The highest BCUT2D eigenvalue weighted by Gasteiger charge is 2.38. The summed E-state index contributed by atoms with van der Waals surface area (Å²) < 4.78 is 0. The Hall–Kier alpha value is -0.860. The zero-order valence-corrected chi connectivity index (χ0v) is 7.69. The highest BCUT2D eigenvalue weighted by Crippen LogP contribution is 2.38. The van der Waals surface area contributed by atoms with Gasteiger partial charge in [0.15, 0.2) is 0 Å². The maximum absolute atomic E-state index is 10.8. The zero-order chi connectivity index (χ0) is 9.26. The molecule has 0 unspecified atom stereocenters. The van der Waals surface area contributed by atoms with Gasteiger partial charge in [-0.2, -0.15) is 0 Å². The van der Waals surface area contributed by atoms with Gasteiger partial charge in [-0.05, 0) is 18.8 Å². The molecule has 0 aliphatic heterocycles. The van der Waals surface area contributed by atoms with Crippen LogP contribution >= 0.6 is 0 Å². The molecule has 0 radical (unpaired) electrons. The predicted molar refractivity (Wildman–Crippen MR) is 50.0 cm³/mol. The van der Waals surface area contributed by atoms with Crippen molar-refractivity contribution in [3.8, 4) is 0 Å². The molecule has 13 heavy (non-hydrogen) atoms. The first-order valence-corrected chi connectivity index (χ1v) is 5.09. The fraction of sp³-hybridized carbons (Fsp3) is 0.800. The Morgan fingerprint density at radius 1 is 1.31 bits per heavy atom. The van der Waals surface area contributed by atoms with Crippen LogP contribution in [-0.2, 0) is 0 Å². The summed E-state index contributed by atoms with van der Waals surface area (Å²) in [4.78, 5) is 10.7. The Kier molecular flexibility index (Phi) is 2.34. The number of nitro groups is 1. The zero-order valence-electron chi connectivity index (χ0n) is 7.69. The minimum Gasteiger partial charge on any atom is -0.264 e. The third kappa shape index (κ3) is 1.60. The molecule has 3 heteroatoms. The Bertz CT molecular complexity index is 237. The van der Waals surface area contributed by atoms with E-state index in [0.29, 0.717) is 18.3 Å². The summed E-state index contributed by atoms with van der Waals surface area (Å²) in [6.07, 6.45) is 9.49. The molecule has 0 amide bonds. The van der Waals surface area contributed by atoms with E-state index in [4.69, 9.17) is 0 Å². The molecule has 2 aliphatic rings. The molecule has 72 valence electrons. The molecule has 0 aromatic heterocycles. The van der Waals surface area contributed by atoms with Crippen molar-refractivity contribution in [2.75, 3.05) is 0 Å². The van der Waals surface area contributed by atoms with E-state index in [1.807, 2.05) is 6.08 Å². The molecule has 0 spiro atoms. The molecule has 0 saturated heterocycles. The average Bonchev–Trinajstić information content (AvgIpc) is 2.17. The summed E-state index contributed by atoms with van der Waals surface area (Å²) in [5.41, 5.74) is 0. The van der Waals surface area contributed by atoms with E-state index < -0.39 is 0 Å². The third-order valence-corrected chi connectivity index (χ3v) is 3.40. The van der Waals surface area contributed by atoms with Crippen LogP contribution in [0.2, 0.25) is 0 Å². The summed E-state index contributed by atoms with van der Waals surface area (Å²) in [7, 11) is 0. The van der Waals surface area contributed by atoms with Crippen LogP contribution in [-0.4, -0.2) is 11.0 Å². The maximum atomic E-state index is 10.8. The smallest absolute Gasteiger partial charge is 0.219 e. The molecule has 0 bridgehead atoms. The Labute approximate surface area is 78.0 Å². The molecular weight excluding hydrogens is 166 g/mol. The lowest BCUT2D eigenvalue weighted by Crippen LogP contribution is -2.37. The van der Waals surface area contributed by atoms with Crippen molar-refractivity contribution < 1.29 is 4.92 Å². The van der Waals surface area contributed by atoms with Crippen LogP contribution in [0.3, 0.4) is 0 Å². The highest BCUT2D eigenvalue weighted by molar-refractivity contribution is 5.02. The first-order valence-electron chi connectivity index (χ1n) is 5.09. The third-order valence-electron chi connectivity index (χ3n) is 3.40. The van der Waals surface area contributed by atoms with Gasteiger partial charge in [0.25, 0.3) is 0 Å². The molecule has 1 saturated carbocycles. The molecular formula is C10H15NO2. The quantitative estimate of drug-likeness (QED) is 0.354. The topological polar surface area (TPSA) is 43.1 Å². The number of rotatable bonds is 1. The van der Waals surface area contributed by atoms with Crippen molar-refractivity contribution in [3.63, 3.8) is 0 Å². The van der Waals surface area contributed by atoms with Gasteiger partial charge in [0.05, 0.1) is 0 Å². The van der Waals surface area contributed by atoms with Crippen LogP contribution in [0.4, 0.5) is 0 Å². The van der Waals surface area contributed by atoms with Crippen molar-refractivity contribution in [2.24, 2.45) is 11.8 Å². The van der Waals surface area contributed by atoms with Gasteiger partial charge in [0.1, 0.15) is 0 Å². The fourth-order valence-corrected chi connectivity index (χ4v) is 2.71. The Balaban J connectivity index is 2.14. The van der Waals surface area contributed by atoms with Crippen LogP contribution in [0.1, 0.15) is 32.1 Å². The predicted octanol–water partition coefficient (Wildman–Crippen LogP) is 2.40. The molecule has 3 atom stereocenters. The standard InChI is InChI=1S/C10H15NO2/c12-11(13)10-7-3-5-8-4-1-2-6-9(8)10/h3,5,8-10H,1-2,4,6-7H2/t8-,9-,10-/m0/s1. The van der Waals surface area contributed by atoms with Gasteiger partial charge in [-0.15, -0.1) is 0 Å². The molecule has 2 rings (SSSR count). The highest BCUT2D eigenvalue weighted by atomic mass is 16.6. The van der Waals surface area contributed by atoms with E-state index in [2.05, 4.69) is 6.08 Å². The second-order valence-corrected chi connectivity index (χ2v) is 4.13. The van der Waals surface area contributed by atoms with E-state index in [1.165, 1.54) is 12.8 Å². The van der Waals surface area contributed by atoms with Crippen LogP contribution < -0.4 is 0 Å². The SMILES string of the molecule is O=[N+]([O-])[C@H]1CC=C[C@@H]2CCCC[C@@H]21. The van der Waals surface area contributed by atoms with E-state index in [9.17, 15) is 10.1 Å². The largest absolute Gasteiger partial charge is 0.264 e. The molecule has 2 aliphatic carbocycles. The maximum Gasteiger partial charge on any atom is 0.219 e. The summed E-state index contributed by atoms with van der Waals surface area (Å²) in [5, 5.41) is 10.8. The van der Waals surface area contributed by atoms with Gasteiger partial charge in [-0.25, -0.2) is 0 Å². The minimum atomic E-state index is -0.296. The summed E-state index contributed by atoms with van der Waals surface area (Å²) >= 11 is 0. The number of hydrogen-bond donors (Lipinski definition) is 0. The van der Waals surface area contributed by atoms with E-state index >= 15 is 0 Å². The van der Waals surface area contributed by atoms with Crippen molar-refractivity contribution in [1.82, 2.24) is 0 Å². The van der Waals surface area contributed by atoms with Gasteiger partial charge >= 0.3 is 0 Å². The molecule has 0 aromatic rings. The molecule has 3 nitrogen and oxygen atoms in total. The second kappa shape index (κ2) is 3.48. The number of allylic oxidation sites excluding steroid dienone is 1. The van der Waals surface area contributed by atoms with Gasteiger partial charge in [-0.3, -0.25) is 10.1 Å². The molecule has 1 fully saturated rings. The van der Waals surface area contributed by atoms with Gasteiger partial charge in [0.2, 0.25) is 6.04 Å². The number of fused-ring (bicyclic) bond motifs is 1. The van der Waals surface area contributed by atoms with E-state index in [0.717, 1.165) is 12.8 Å². The van der Waals surface area contributed by atoms with Crippen LogP contribution in [0.15, 0.2) is 12.2 Å². The summed E-state index contributed by atoms with van der Waals surface area (Å²) in [5.74, 6) is 0.826. The second-order valence-electron chi connectivity index (χ2n) is 4.13. The average molecular weight is 181 g/mol. The molecule has 0 heterocycles. The van der Waals surface area contributed by atoms with Gasteiger partial charge in [-0.1, -0.05) is 25.0 Å². The van der Waals surface area contributed by atoms with Gasteiger partial charge in [0, 0.05) is 17.3 Å². The van der Waals surface area contributed by atoms with Gasteiger partial charge < -0.3 is 0 Å². The Morgan fingerprint density at radius 3 is 2.85 bits per heavy atom. The fourth-order valence-electron chi connectivity index (χ4n) is 2.71. The number of nitrogens with zero attached hydrogens (tertiary/aromatic N) is 1. The first kappa shape index (κ1) is 8.73. The van der Waals surface area contributed by atoms with E-state index in [-0.39, 0.29) is 11.0 Å². The molecule has 0 aromatic carbocycles. The van der Waals surface area contributed by atoms with Crippen LogP contribution in [0.25, 0.3) is 0 Å². The van der Waals surface area contributed by atoms with E-state index in [1.54, 1.807) is 0 Å².